The Hall–Kier alpha value is -4.08. The molecule has 0 fully saturated rings. The Morgan fingerprint density at radius 1 is 1.00 bits per heavy atom. The number of rotatable bonds is 4. The number of nitrogens with zero attached hydrogens (tertiary/aromatic N) is 3. The number of halogens is 1. The summed E-state index contributed by atoms with van der Waals surface area (Å²) < 4.78 is 16.6. The molecule has 178 valence electrons. The van der Waals surface area contributed by atoms with Crippen LogP contribution in [0.1, 0.15) is 34.5 Å². The lowest BCUT2D eigenvalue weighted by atomic mass is 9.98. The number of amides is 1. The molecule has 2 aliphatic rings. The van der Waals surface area contributed by atoms with Gasteiger partial charge in [-0.05, 0) is 53.8 Å². The highest BCUT2D eigenvalue weighted by molar-refractivity contribution is 6.04. The van der Waals surface area contributed by atoms with Crippen molar-refractivity contribution < 1.29 is 9.18 Å². The Bertz CT molecular complexity index is 1210. The quantitative estimate of drug-likeness (QED) is 0.349. The molecule has 34 heavy (non-hydrogen) atoms. The largest absolute Gasteiger partial charge is 0.370 e. The minimum absolute atomic E-state index is 0.00970. The van der Waals surface area contributed by atoms with Crippen molar-refractivity contribution in [1.82, 2.24) is 14.4 Å². The zero-order valence-electron chi connectivity index (χ0n) is 19.1. The number of hydrogen-bond donors (Lipinski definition) is 5. The number of carbonyl (C=O) groups is 1. The molecule has 0 saturated carbocycles. The van der Waals surface area contributed by atoms with Gasteiger partial charge < -0.3 is 31.2 Å². The van der Waals surface area contributed by atoms with Gasteiger partial charge in [0.2, 0.25) is 0 Å². The summed E-state index contributed by atoms with van der Waals surface area (Å²) in [5.74, 6) is -0.665. The molecule has 10 heteroatoms. The van der Waals surface area contributed by atoms with Crippen LogP contribution in [0.2, 0.25) is 0 Å². The van der Waals surface area contributed by atoms with E-state index in [1.165, 1.54) is 6.07 Å². The molecule has 2 aliphatic heterocycles. The summed E-state index contributed by atoms with van der Waals surface area (Å²) in [4.78, 5) is 16.4. The third-order valence-electron chi connectivity index (χ3n) is 6.28. The van der Waals surface area contributed by atoms with Gasteiger partial charge in [-0.2, -0.15) is 0 Å². The number of guanidine groups is 2. The standard InChI is InChI=1S/C24H29FN8O/c1-31-14-17(15-4-8-32(9-5-15)23(26)27)12-21(31)22(34)30-18-2-3-19(20(25)13-18)16-6-10-33(11-7-16)24(28)29/h2-4,6,12-14H,5,7-11H2,1H3,(H3,26,27)(H3,28,29)(H,30,34). The number of nitrogens with two attached hydrogens (primary N) is 2. The molecule has 0 saturated heterocycles. The zero-order chi connectivity index (χ0) is 24.4. The summed E-state index contributed by atoms with van der Waals surface area (Å²) in [5.41, 5.74) is 15.3. The Balaban J connectivity index is 1.45. The van der Waals surface area contributed by atoms with Gasteiger partial charge in [-0.15, -0.1) is 0 Å². The monoisotopic (exact) mass is 464 g/mol. The number of nitrogens with one attached hydrogen (secondary N) is 3. The summed E-state index contributed by atoms with van der Waals surface area (Å²) in [6.45, 7) is 2.27. The molecule has 4 rings (SSSR count). The Morgan fingerprint density at radius 3 is 2.15 bits per heavy atom. The molecule has 1 amide bonds. The van der Waals surface area contributed by atoms with Gasteiger partial charge in [0.05, 0.1) is 0 Å². The van der Waals surface area contributed by atoms with Gasteiger partial charge in [0, 0.05) is 50.7 Å². The molecule has 1 aromatic heterocycles. The molecule has 0 bridgehead atoms. The van der Waals surface area contributed by atoms with E-state index in [2.05, 4.69) is 5.32 Å². The van der Waals surface area contributed by atoms with E-state index in [4.69, 9.17) is 22.3 Å². The predicted octanol–water partition coefficient (Wildman–Crippen LogP) is 2.38. The van der Waals surface area contributed by atoms with Crippen molar-refractivity contribution in [3.05, 3.63) is 65.3 Å². The van der Waals surface area contributed by atoms with Gasteiger partial charge >= 0.3 is 0 Å². The molecule has 0 spiro atoms. The first-order chi connectivity index (χ1) is 16.2. The van der Waals surface area contributed by atoms with Gasteiger partial charge in [-0.1, -0.05) is 12.2 Å². The fourth-order valence-electron chi connectivity index (χ4n) is 4.30. The number of aryl methyl sites for hydroxylation is 1. The topological polar surface area (TPSA) is 140 Å². The smallest absolute Gasteiger partial charge is 0.272 e. The molecule has 0 unspecified atom stereocenters. The van der Waals surface area contributed by atoms with Gasteiger partial charge in [-0.3, -0.25) is 15.6 Å². The third kappa shape index (κ3) is 4.80. The van der Waals surface area contributed by atoms with E-state index < -0.39 is 5.82 Å². The van der Waals surface area contributed by atoms with Crippen molar-refractivity contribution in [2.75, 3.05) is 31.5 Å². The third-order valence-corrected chi connectivity index (χ3v) is 6.28. The zero-order valence-corrected chi connectivity index (χ0v) is 19.1. The lowest BCUT2D eigenvalue weighted by molar-refractivity contribution is 0.101. The second-order valence-electron chi connectivity index (χ2n) is 8.49. The van der Waals surface area contributed by atoms with Crippen LogP contribution in [0, 0.1) is 16.6 Å². The summed E-state index contributed by atoms with van der Waals surface area (Å²) in [5, 5.41) is 17.8. The average molecular weight is 465 g/mol. The number of aromatic nitrogens is 1. The van der Waals surface area contributed by atoms with E-state index in [1.54, 1.807) is 33.5 Å². The molecule has 7 N–H and O–H groups in total. The van der Waals surface area contributed by atoms with Crippen molar-refractivity contribution in [2.45, 2.75) is 12.8 Å². The summed E-state index contributed by atoms with van der Waals surface area (Å²) in [6.07, 6.45) is 7.12. The normalized spacial score (nSPS) is 16.1. The maximum absolute atomic E-state index is 14.8. The first kappa shape index (κ1) is 23.1. The van der Waals surface area contributed by atoms with Crippen molar-refractivity contribution >= 4 is 34.7 Å². The van der Waals surface area contributed by atoms with Crippen molar-refractivity contribution in [1.29, 1.82) is 10.8 Å². The molecule has 9 nitrogen and oxygen atoms in total. The highest BCUT2D eigenvalue weighted by atomic mass is 19.1. The lowest BCUT2D eigenvalue weighted by Gasteiger charge is -2.26. The second kappa shape index (κ2) is 9.42. The molecule has 0 radical (unpaired) electrons. The highest BCUT2D eigenvalue weighted by Crippen LogP contribution is 2.28. The summed E-state index contributed by atoms with van der Waals surface area (Å²) in [7, 11) is 1.80. The van der Waals surface area contributed by atoms with Gasteiger partial charge in [0.25, 0.3) is 5.91 Å². The number of hydrogen-bond acceptors (Lipinski definition) is 3. The first-order valence-electron chi connectivity index (χ1n) is 11.1. The maximum Gasteiger partial charge on any atom is 0.272 e. The summed E-state index contributed by atoms with van der Waals surface area (Å²) in [6, 6.07) is 6.51. The van der Waals surface area contributed by atoms with Crippen LogP contribution in [0.15, 0.2) is 42.6 Å². The summed E-state index contributed by atoms with van der Waals surface area (Å²) >= 11 is 0. The highest BCUT2D eigenvalue weighted by Gasteiger charge is 2.20. The number of benzene rings is 1. The Morgan fingerprint density at radius 2 is 1.62 bits per heavy atom. The molecular formula is C24H29FN8O. The molecular weight excluding hydrogens is 435 g/mol. The van der Waals surface area contributed by atoms with E-state index in [0.29, 0.717) is 49.5 Å². The van der Waals surface area contributed by atoms with E-state index >= 15 is 0 Å². The fraction of sp³-hybridized carbons (Fsp3) is 0.292. The van der Waals surface area contributed by atoms with Crippen LogP contribution in [0.5, 0.6) is 0 Å². The molecule has 0 atom stereocenters. The SMILES string of the molecule is Cn1cc(C2=CCN(C(=N)N)CC2)cc1C(=O)Nc1ccc(C2=CCN(C(=N)N)CC2)c(F)c1. The van der Waals surface area contributed by atoms with E-state index in [1.807, 2.05) is 24.4 Å². The van der Waals surface area contributed by atoms with E-state index in [9.17, 15) is 9.18 Å². The second-order valence-corrected chi connectivity index (χ2v) is 8.49. The number of anilines is 1. The Labute approximate surface area is 197 Å². The Kier molecular flexibility index (Phi) is 6.40. The van der Waals surface area contributed by atoms with Crippen molar-refractivity contribution in [3.8, 4) is 0 Å². The van der Waals surface area contributed by atoms with Crippen LogP contribution in [-0.4, -0.2) is 58.4 Å². The van der Waals surface area contributed by atoms with Crippen molar-refractivity contribution in [3.63, 3.8) is 0 Å². The molecule has 2 aromatic rings. The molecule has 3 heterocycles. The molecule has 1 aromatic carbocycles. The average Bonchev–Trinajstić information content (AvgIpc) is 3.21. The first-order valence-corrected chi connectivity index (χ1v) is 11.1. The maximum atomic E-state index is 14.8. The van der Waals surface area contributed by atoms with Crippen LogP contribution in [0.4, 0.5) is 10.1 Å². The fourth-order valence-corrected chi connectivity index (χ4v) is 4.30. The minimum atomic E-state index is -0.407. The van der Waals surface area contributed by atoms with Gasteiger partial charge in [0.15, 0.2) is 11.9 Å². The van der Waals surface area contributed by atoms with Crippen LogP contribution in [-0.2, 0) is 7.05 Å². The van der Waals surface area contributed by atoms with E-state index in [-0.39, 0.29) is 17.8 Å². The van der Waals surface area contributed by atoms with Crippen LogP contribution in [0.25, 0.3) is 11.1 Å². The van der Waals surface area contributed by atoms with Crippen LogP contribution in [0.3, 0.4) is 0 Å². The molecule has 0 aliphatic carbocycles. The predicted molar refractivity (Wildman–Crippen MR) is 132 cm³/mol. The lowest BCUT2D eigenvalue weighted by Crippen LogP contribution is -2.39. The van der Waals surface area contributed by atoms with Crippen LogP contribution < -0.4 is 16.8 Å². The minimum Gasteiger partial charge on any atom is -0.370 e. The van der Waals surface area contributed by atoms with E-state index in [0.717, 1.165) is 23.1 Å². The van der Waals surface area contributed by atoms with Crippen LogP contribution >= 0.6 is 0 Å². The van der Waals surface area contributed by atoms with Gasteiger partial charge in [-0.25, -0.2) is 4.39 Å². The van der Waals surface area contributed by atoms with Crippen molar-refractivity contribution in [2.24, 2.45) is 18.5 Å². The van der Waals surface area contributed by atoms with Gasteiger partial charge in [0.1, 0.15) is 11.5 Å². The number of carbonyl (C=O) groups excluding carboxylic acids is 1.